The van der Waals surface area contributed by atoms with E-state index < -0.39 is 29.2 Å². The number of rotatable bonds is 7. The second kappa shape index (κ2) is 10.4. The standard InChI is InChI=1S/C26H32F3N3O3/c1-4-12-32-13-11-26(16-5-8-20(34-2)21(14-16)35-3)10-9-17(15-22(26)32)30-25(33)31-19-7-6-18(27)23(28)24(19)29/h5-8,14,17,22H,4,9-13,15H2,1-3H3,(H2,30,31,33)/t17-,22+,26+/m1/s1. The average molecular weight is 492 g/mol. The molecule has 0 spiro atoms. The molecule has 35 heavy (non-hydrogen) atoms. The number of carbonyl (C=O) groups is 1. The van der Waals surface area contributed by atoms with Gasteiger partial charge in [-0.25, -0.2) is 18.0 Å². The maximum Gasteiger partial charge on any atom is 0.319 e. The molecule has 190 valence electrons. The van der Waals surface area contributed by atoms with Crippen molar-refractivity contribution < 1.29 is 27.4 Å². The van der Waals surface area contributed by atoms with Gasteiger partial charge >= 0.3 is 6.03 Å². The van der Waals surface area contributed by atoms with Crippen LogP contribution in [0.1, 0.15) is 44.6 Å². The number of amides is 2. The summed E-state index contributed by atoms with van der Waals surface area (Å²) >= 11 is 0. The van der Waals surface area contributed by atoms with Crippen molar-refractivity contribution in [2.75, 3.05) is 32.6 Å². The summed E-state index contributed by atoms with van der Waals surface area (Å²) in [5, 5.41) is 5.22. The van der Waals surface area contributed by atoms with Gasteiger partial charge < -0.3 is 20.1 Å². The number of nitrogens with one attached hydrogen (secondary N) is 2. The number of likely N-dealkylation sites (tertiary alicyclic amines) is 1. The molecule has 2 aromatic carbocycles. The first-order chi connectivity index (χ1) is 16.8. The second-order valence-electron chi connectivity index (χ2n) is 9.32. The van der Waals surface area contributed by atoms with Gasteiger partial charge in [0.1, 0.15) is 0 Å². The van der Waals surface area contributed by atoms with Gasteiger partial charge in [-0.15, -0.1) is 0 Å². The molecule has 1 heterocycles. The predicted octanol–water partition coefficient (Wildman–Crippen LogP) is 5.22. The molecular weight excluding hydrogens is 459 g/mol. The second-order valence-corrected chi connectivity index (χ2v) is 9.32. The SMILES string of the molecule is CCCN1CC[C@]2(c3ccc(OC)c(OC)c3)CC[C@@H](NC(=O)Nc3ccc(F)c(F)c3F)C[C@H]12. The predicted molar refractivity (Wildman–Crippen MR) is 128 cm³/mol. The Morgan fingerprint density at radius 3 is 2.57 bits per heavy atom. The molecule has 0 radical (unpaired) electrons. The Hall–Kier alpha value is -2.94. The van der Waals surface area contributed by atoms with Crippen molar-refractivity contribution in [1.82, 2.24) is 10.2 Å². The molecule has 0 bridgehead atoms. The van der Waals surface area contributed by atoms with Crippen LogP contribution in [0.2, 0.25) is 0 Å². The number of hydrogen-bond acceptors (Lipinski definition) is 4. The van der Waals surface area contributed by atoms with Crippen LogP contribution < -0.4 is 20.1 Å². The highest BCUT2D eigenvalue weighted by Crippen LogP contribution is 2.50. The Balaban J connectivity index is 1.52. The van der Waals surface area contributed by atoms with E-state index in [1.807, 2.05) is 6.07 Å². The molecule has 1 saturated carbocycles. The third-order valence-corrected chi connectivity index (χ3v) is 7.46. The number of halogens is 3. The Bertz CT molecular complexity index is 1080. The Morgan fingerprint density at radius 2 is 1.86 bits per heavy atom. The van der Waals surface area contributed by atoms with Crippen molar-refractivity contribution in [3.05, 3.63) is 53.3 Å². The molecule has 0 unspecified atom stereocenters. The fraction of sp³-hybridized carbons (Fsp3) is 0.500. The minimum absolute atomic E-state index is 0.0738. The van der Waals surface area contributed by atoms with Crippen molar-refractivity contribution in [3.63, 3.8) is 0 Å². The number of urea groups is 1. The van der Waals surface area contributed by atoms with Crippen LogP contribution in [0.15, 0.2) is 30.3 Å². The zero-order chi connectivity index (χ0) is 25.2. The first kappa shape index (κ1) is 25.2. The summed E-state index contributed by atoms with van der Waals surface area (Å²) in [6.07, 6.45) is 4.34. The molecule has 2 aromatic rings. The smallest absolute Gasteiger partial charge is 0.319 e. The van der Waals surface area contributed by atoms with E-state index in [1.54, 1.807) is 14.2 Å². The van der Waals surface area contributed by atoms with Crippen LogP contribution in [0.5, 0.6) is 11.5 Å². The molecule has 2 amide bonds. The maximum absolute atomic E-state index is 14.0. The van der Waals surface area contributed by atoms with E-state index >= 15 is 0 Å². The largest absolute Gasteiger partial charge is 0.493 e. The lowest BCUT2D eigenvalue weighted by molar-refractivity contribution is 0.136. The van der Waals surface area contributed by atoms with Crippen LogP contribution in [-0.2, 0) is 5.41 Å². The molecule has 3 atom stereocenters. The van der Waals surface area contributed by atoms with Gasteiger partial charge in [-0.1, -0.05) is 13.0 Å². The number of ether oxygens (including phenoxy) is 2. The van der Waals surface area contributed by atoms with Gasteiger partial charge in [0.25, 0.3) is 0 Å². The summed E-state index contributed by atoms with van der Waals surface area (Å²) < 4.78 is 51.7. The summed E-state index contributed by atoms with van der Waals surface area (Å²) in [5.74, 6) is -2.95. The third kappa shape index (κ3) is 4.78. The number of fused-ring (bicyclic) bond motifs is 1. The molecule has 2 fully saturated rings. The zero-order valence-corrected chi connectivity index (χ0v) is 20.3. The number of benzene rings is 2. The van der Waals surface area contributed by atoms with E-state index in [9.17, 15) is 18.0 Å². The fourth-order valence-electron chi connectivity index (χ4n) is 5.78. The minimum Gasteiger partial charge on any atom is -0.493 e. The summed E-state index contributed by atoms with van der Waals surface area (Å²) in [7, 11) is 3.25. The van der Waals surface area contributed by atoms with Crippen LogP contribution in [0.25, 0.3) is 0 Å². The first-order valence-corrected chi connectivity index (χ1v) is 12.0. The molecule has 4 rings (SSSR count). The third-order valence-electron chi connectivity index (χ3n) is 7.46. The topological polar surface area (TPSA) is 62.8 Å². The number of nitrogens with zero attached hydrogens (tertiary/aromatic N) is 1. The molecule has 2 aliphatic rings. The van der Waals surface area contributed by atoms with Crippen molar-refractivity contribution in [2.24, 2.45) is 0 Å². The zero-order valence-electron chi connectivity index (χ0n) is 20.3. The molecule has 1 saturated heterocycles. The van der Waals surface area contributed by atoms with Crippen LogP contribution in [-0.4, -0.2) is 50.3 Å². The Kier molecular flexibility index (Phi) is 7.44. The highest BCUT2D eigenvalue weighted by Gasteiger charge is 2.51. The summed E-state index contributed by atoms with van der Waals surface area (Å²) in [4.78, 5) is 15.1. The summed E-state index contributed by atoms with van der Waals surface area (Å²) in [6.45, 7) is 4.07. The quantitative estimate of drug-likeness (QED) is 0.522. The molecule has 1 aliphatic heterocycles. The molecule has 2 N–H and O–H groups in total. The lowest BCUT2D eigenvalue weighted by Gasteiger charge is -2.45. The minimum atomic E-state index is -1.61. The van der Waals surface area contributed by atoms with E-state index in [0.29, 0.717) is 11.5 Å². The maximum atomic E-state index is 14.0. The van der Waals surface area contributed by atoms with E-state index in [-0.39, 0.29) is 17.5 Å². The average Bonchev–Trinajstić information content (AvgIpc) is 3.23. The molecule has 9 heteroatoms. The van der Waals surface area contributed by atoms with E-state index in [0.717, 1.165) is 57.3 Å². The molecule has 1 aliphatic carbocycles. The highest BCUT2D eigenvalue weighted by molar-refractivity contribution is 5.89. The van der Waals surface area contributed by atoms with Gasteiger partial charge in [0.2, 0.25) is 0 Å². The molecule has 6 nitrogen and oxygen atoms in total. The van der Waals surface area contributed by atoms with Crippen molar-refractivity contribution in [3.8, 4) is 11.5 Å². The van der Waals surface area contributed by atoms with E-state index in [4.69, 9.17) is 9.47 Å². The van der Waals surface area contributed by atoms with Gasteiger partial charge in [0.05, 0.1) is 19.9 Å². The van der Waals surface area contributed by atoms with Crippen molar-refractivity contribution in [1.29, 1.82) is 0 Å². The van der Waals surface area contributed by atoms with E-state index in [2.05, 4.69) is 34.6 Å². The van der Waals surface area contributed by atoms with Crippen molar-refractivity contribution in [2.45, 2.75) is 56.5 Å². The van der Waals surface area contributed by atoms with Gasteiger partial charge in [0.15, 0.2) is 29.0 Å². The monoisotopic (exact) mass is 491 g/mol. The van der Waals surface area contributed by atoms with Crippen LogP contribution in [0, 0.1) is 17.5 Å². The number of carbonyl (C=O) groups excluding carboxylic acids is 1. The lowest BCUT2D eigenvalue weighted by atomic mass is 9.65. The lowest BCUT2D eigenvalue weighted by Crippen LogP contribution is -2.53. The molecule has 0 aromatic heterocycles. The van der Waals surface area contributed by atoms with Crippen LogP contribution in [0.4, 0.5) is 23.7 Å². The Morgan fingerprint density at radius 1 is 1.09 bits per heavy atom. The highest BCUT2D eigenvalue weighted by atomic mass is 19.2. The van der Waals surface area contributed by atoms with Crippen molar-refractivity contribution >= 4 is 11.7 Å². The Labute approximate surface area is 203 Å². The van der Waals surface area contributed by atoms with Gasteiger partial charge in [-0.05, 0) is 75.0 Å². The van der Waals surface area contributed by atoms with Gasteiger partial charge in [-0.2, -0.15) is 0 Å². The summed E-state index contributed by atoms with van der Waals surface area (Å²) in [6, 6.07) is 7.33. The van der Waals surface area contributed by atoms with Gasteiger partial charge in [-0.3, -0.25) is 4.90 Å². The fourth-order valence-corrected chi connectivity index (χ4v) is 5.78. The van der Waals surface area contributed by atoms with Gasteiger partial charge in [0, 0.05) is 17.5 Å². The normalized spacial score (nSPS) is 24.1. The number of hydrogen-bond donors (Lipinski definition) is 2. The summed E-state index contributed by atoms with van der Waals surface area (Å²) in [5.41, 5.74) is 0.728. The molecular formula is C26H32F3N3O3. The number of methoxy groups -OCH3 is 2. The van der Waals surface area contributed by atoms with Crippen LogP contribution in [0.3, 0.4) is 0 Å². The first-order valence-electron chi connectivity index (χ1n) is 12.0. The van der Waals surface area contributed by atoms with E-state index in [1.165, 1.54) is 5.56 Å². The number of anilines is 1. The van der Waals surface area contributed by atoms with Crippen LogP contribution >= 0.6 is 0 Å².